The number of hydrogen-bond acceptors (Lipinski definition) is 8. The molecule has 2 aromatic heterocycles. The zero-order valence-corrected chi connectivity index (χ0v) is 24.4. The molecule has 10 nitrogen and oxygen atoms in total. The monoisotopic (exact) mass is 576 g/mol. The summed E-state index contributed by atoms with van der Waals surface area (Å²) in [5.41, 5.74) is 20.5. The van der Waals surface area contributed by atoms with E-state index < -0.39 is 0 Å². The smallest absolute Gasteiger partial charge is 0.245 e. The van der Waals surface area contributed by atoms with Gasteiger partial charge in [-0.1, -0.05) is 62.4 Å². The van der Waals surface area contributed by atoms with Gasteiger partial charge in [0.05, 0.1) is 6.33 Å². The number of aromatic nitrogens is 4. The van der Waals surface area contributed by atoms with Gasteiger partial charge in [0.2, 0.25) is 17.7 Å². The number of aromatic amines is 1. The van der Waals surface area contributed by atoms with E-state index in [1.807, 2.05) is 30.3 Å². The maximum Gasteiger partial charge on any atom is 0.245 e. The SMILES string of the molecule is CC1(C)C2=CC(NCCCC(=O)NCc3ccc(COc4nc(N)nc5nc[nH]c45)cc3)C=CC2=Cc2ccc(N)cc21. The van der Waals surface area contributed by atoms with E-state index in [-0.39, 0.29) is 23.3 Å². The van der Waals surface area contributed by atoms with Gasteiger partial charge in [-0.2, -0.15) is 9.97 Å². The molecule has 1 unspecified atom stereocenters. The first kappa shape index (κ1) is 28.2. The van der Waals surface area contributed by atoms with Crippen LogP contribution in [-0.4, -0.2) is 38.4 Å². The number of carbonyl (C=O) groups is 1. The maximum absolute atomic E-state index is 12.5. The summed E-state index contributed by atoms with van der Waals surface area (Å²) in [5.74, 6) is 0.499. The Balaban J connectivity index is 0.935. The lowest BCUT2D eigenvalue weighted by molar-refractivity contribution is -0.121. The van der Waals surface area contributed by atoms with Gasteiger partial charge in [-0.25, -0.2) is 4.98 Å². The molecule has 0 radical (unpaired) electrons. The summed E-state index contributed by atoms with van der Waals surface area (Å²) >= 11 is 0. The molecular weight excluding hydrogens is 540 g/mol. The highest BCUT2D eigenvalue weighted by Crippen LogP contribution is 2.45. The maximum atomic E-state index is 12.5. The van der Waals surface area contributed by atoms with E-state index in [0.717, 1.165) is 29.8 Å². The van der Waals surface area contributed by atoms with Crippen molar-refractivity contribution in [2.24, 2.45) is 0 Å². The van der Waals surface area contributed by atoms with E-state index in [0.29, 0.717) is 36.6 Å². The van der Waals surface area contributed by atoms with E-state index >= 15 is 0 Å². The fraction of sp³-hybridized carbons (Fsp3) is 0.273. The van der Waals surface area contributed by atoms with Gasteiger partial charge in [0.1, 0.15) is 12.1 Å². The molecule has 2 aliphatic carbocycles. The summed E-state index contributed by atoms with van der Waals surface area (Å²) in [6, 6.07) is 14.2. The van der Waals surface area contributed by atoms with Crippen LogP contribution in [0.1, 0.15) is 48.9 Å². The highest BCUT2D eigenvalue weighted by Gasteiger charge is 2.34. The summed E-state index contributed by atoms with van der Waals surface area (Å²) in [6.45, 7) is 6.03. The summed E-state index contributed by atoms with van der Waals surface area (Å²) in [7, 11) is 0. The number of hydrogen-bond donors (Lipinski definition) is 5. The summed E-state index contributed by atoms with van der Waals surface area (Å²) in [4.78, 5) is 27.8. The number of benzene rings is 2. The highest BCUT2D eigenvalue weighted by atomic mass is 16.5. The molecule has 0 bridgehead atoms. The van der Waals surface area contributed by atoms with Gasteiger partial charge >= 0.3 is 0 Å². The van der Waals surface area contributed by atoms with Crippen molar-refractivity contribution in [3.05, 3.63) is 100 Å². The minimum Gasteiger partial charge on any atom is -0.471 e. The third kappa shape index (κ3) is 6.14. The summed E-state index contributed by atoms with van der Waals surface area (Å²) < 4.78 is 5.84. The Morgan fingerprint density at radius 2 is 1.91 bits per heavy atom. The quantitative estimate of drug-likeness (QED) is 0.138. The second kappa shape index (κ2) is 11.7. The predicted molar refractivity (Wildman–Crippen MR) is 169 cm³/mol. The average Bonchev–Trinajstić information content (AvgIpc) is 3.47. The minimum atomic E-state index is -0.136. The van der Waals surface area contributed by atoms with E-state index in [9.17, 15) is 4.79 Å². The van der Waals surface area contributed by atoms with Crippen molar-refractivity contribution < 1.29 is 9.53 Å². The van der Waals surface area contributed by atoms with Crippen molar-refractivity contribution in [1.82, 2.24) is 30.6 Å². The molecule has 0 aliphatic heterocycles. The molecule has 1 atom stereocenters. The first-order valence-corrected chi connectivity index (χ1v) is 14.5. The van der Waals surface area contributed by atoms with Gasteiger partial charge in [0.25, 0.3) is 0 Å². The standard InChI is InChI=1S/C33H36N8O2/c1-33(2)26-15-24(34)11-9-22(26)14-23-10-12-25(16-27(23)33)36-13-3-4-28(42)37-17-20-5-7-21(8-6-20)18-43-31-29-30(39-19-38-29)40-32(35)41-31/h5-12,14-16,19,25,36H,3-4,13,17-18,34H2,1-2H3,(H,37,42)(H3,35,38,39,40,41). The minimum absolute atomic E-state index is 0.0319. The number of ether oxygens (including phenoxy) is 1. The lowest BCUT2D eigenvalue weighted by Crippen LogP contribution is -2.33. The van der Waals surface area contributed by atoms with E-state index in [1.54, 1.807) is 0 Å². The number of imidazole rings is 1. The van der Waals surface area contributed by atoms with Gasteiger partial charge in [-0.3, -0.25) is 4.79 Å². The van der Waals surface area contributed by atoms with Gasteiger partial charge in [0.15, 0.2) is 5.65 Å². The molecule has 2 heterocycles. The molecule has 0 spiro atoms. The van der Waals surface area contributed by atoms with Crippen LogP contribution < -0.4 is 26.8 Å². The Morgan fingerprint density at radius 3 is 2.74 bits per heavy atom. The third-order valence-corrected chi connectivity index (χ3v) is 7.99. The van der Waals surface area contributed by atoms with Crippen LogP contribution in [0.5, 0.6) is 5.88 Å². The summed E-state index contributed by atoms with van der Waals surface area (Å²) in [6.07, 6.45) is 11.6. The molecule has 0 fully saturated rings. The van der Waals surface area contributed by atoms with Gasteiger partial charge in [-0.15, -0.1) is 0 Å². The molecule has 0 saturated carbocycles. The number of fused-ring (bicyclic) bond motifs is 3. The number of carbonyl (C=O) groups excluding carboxylic acids is 1. The number of nitrogens with zero attached hydrogens (tertiary/aromatic N) is 3. The normalized spacial score (nSPS) is 16.7. The van der Waals surface area contributed by atoms with E-state index in [2.05, 4.69) is 80.9 Å². The molecule has 0 saturated heterocycles. The Morgan fingerprint density at radius 1 is 1.09 bits per heavy atom. The fourth-order valence-corrected chi connectivity index (χ4v) is 5.64. The van der Waals surface area contributed by atoms with Crippen LogP contribution in [0, 0.1) is 0 Å². The second-order valence-corrected chi connectivity index (χ2v) is 11.5. The third-order valence-electron chi connectivity index (χ3n) is 7.99. The van der Waals surface area contributed by atoms with Crippen LogP contribution >= 0.6 is 0 Å². The van der Waals surface area contributed by atoms with Gasteiger partial charge in [0, 0.05) is 30.1 Å². The molecule has 4 aromatic rings. The molecule has 7 N–H and O–H groups in total. The lowest BCUT2D eigenvalue weighted by atomic mass is 9.67. The lowest BCUT2D eigenvalue weighted by Gasteiger charge is -2.37. The topological polar surface area (TPSA) is 157 Å². The Kier molecular flexibility index (Phi) is 7.69. The number of anilines is 2. The van der Waals surface area contributed by atoms with Crippen molar-refractivity contribution in [3.8, 4) is 5.88 Å². The fourth-order valence-electron chi connectivity index (χ4n) is 5.64. The van der Waals surface area contributed by atoms with Gasteiger partial charge in [-0.05, 0) is 64.6 Å². The number of allylic oxidation sites excluding steroid dienone is 3. The van der Waals surface area contributed by atoms with Crippen molar-refractivity contribution in [1.29, 1.82) is 0 Å². The van der Waals surface area contributed by atoms with Crippen molar-refractivity contribution in [2.45, 2.75) is 51.3 Å². The Hall–Kier alpha value is -4.96. The number of nitrogen functional groups attached to an aromatic ring is 2. The van der Waals surface area contributed by atoms with E-state index in [1.165, 1.54) is 28.6 Å². The van der Waals surface area contributed by atoms with Crippen LogP contribution in [-0.2, 0) is 23.4 Å². The van der Waals surface area contributed by atoms with Crippen molar-refractivity contribution in [3.63, 3.8) is 0 Å². The Bertz CT molecular complexity index is 1750. The van der Waals surface area contributed by atoms with Crippen LogP contribution in [0.15, 0.2) is 78.2 Å². The zero-order chi connectivity index (χ0) is 30.0. The highest BCUT2D eigenvalue weighted by molar-refractivity contribution is 5.77. The first-order valence-electron chi connectivity index (χ1n) is 14.5. The van der Waals surface area contributed by atoms with Gasteiger partial charge < -0.3 is 31.8 Å². The molecule has 2 aromatic carbocycles. The number of nitrogens with one attached hydrogen (secondary N) is 3. The molecular formula is C33H36N8O2. The molecule has 1 amide bonds. The molecule has 10 heteroatoms. The van der Waals surface area contributed by atoms with Crippen LogP contribution in [0.3, 0.4) is 0 Å². The van der Waals surface area contributed by atoms with Crippen molar-refractivity contribution >= 4 is 34.8 Å². The Labute approximate surface area is 250 Å². The number of amides is 1. The van der Waals surface area contributed by atoms with E-state index in [4.69, 9.17) is 16.2 Å². The summed E-state index contributed by atoms with van der Waals surface area (Å²) in [5, 5.41) is 6.59. The molecule has 6 rings (SSSR count). The number of nitrogens with two attached hydrogens (primary N) is 2. The number of H-pyrrole nitrogens is 1. The van der Waals surface area contributed by atoms with Crippen LogP contribution in [0.25, 0.3) is 17.2 Å². The average molecular weight is 577 g/mol. The van der Waals surface area contributed by atoms with Crippen molar-refractivity contribution in [2.75, 3.05) is 18.0 Å². The first-order chi connectivity index (χ1) is 20.8. The zero-order valence-electron chi connectivity index (χ0n) is 24.4. The predicted octanol–water partition coefficient (Wildman–Crippen LogP) is 4.32. The largest absolute Gasteiger partial charge is 0.471 e. The molecule has 2 aliphatic rings. The van der Waals surface area contributed by atoms with Crippen LogP contribution in [0.2, 0.25) is 0 Å². The number of rotatable bonds is 10. The van der Waals surface area contributed by atoms with Crippen LogP contribution in [0.4, 0.5) is 11.6 Å². The molecule has 43 heavy (non-hydrogen) atoms. The molecule has 220 valence electrons. The second-order valence-electron chi connectivity index (χ2n) is 11.5.